The molecule has 1 aromatic rings. The van der Waals surface area contributed by atoms with Gasteiger partial charge in [0.25, 0.3) is 5.91 Å². The summed E-state index contributed by atoms with van der Waals surface area (Å²) in [6.07, 6.45) is 8.84. The Labute approximate surface area is 130 Å². The lowest BCUT2D eigenvalue weighted by Crippen LogP contribution is -2.37. The fourth-order valence-corrected chi connectivity index (χ4v) is 2.68. The summed E-state index contributed by atoms with van der Waals surface area (Å²) >= 11 is 0. The number of aromatic carboxylic acids is 1. The van der Waals surface area contributed by atoms with Crippen LogP contribution in [0.5, 0.6) is 0 Å². The second kappa shape index (κ2) is 8.48. The number of carbonyl (C=O) groups is 2. The minimum atomic E-state index is -1.05. The lowest BCUT2D eigenvalue weighted by Gasteiger charge is -2.16. The predicted molar refractivity (Wildman–Crippen MR) is 83.0 cm³/mol. The number of carbonyl (C=O) groups excluding carboxylic acids is 1. The van der Waals surface area contributed by atoms with Crippen LogP contribution < -0.4 is 10.6 Å². The van der Waals surface area contributed by atoms with Crippen molar-refractivity contribution in [1.29, 1.82) is 0 Å². The van der Waals surface area contributed by atoms with Crippen molar-refractivity contribution in [1.82, 2.24) is 15.6 Å². The molecule has 1 heterocycles. The van der Waals surface area contributed by atoms with Crippen molar-refractivity contribution in [2.75, 3.05) is 13.1 Å². The van der Waals surface area contributed by atoms with Crippen molar-refractivity contribution in [3.63, 3.8) is 0 Å². The summed E-state index contributed by atoms with van der Waals surface area (Å²) in [4.78, 5) is 26.5. The molecule has 1 fully saturated rings. The van der Waals surface area contributed by atoms with Crippen LogP contribution in [0, 0.1) is 0 Å². The van der Waals surface area contributed by atoms with E-state index in [9.17, 15) is 9.59 Å². The number of pyridine rings is 1. The number of amides is 1. The van der Waals surface area contributed by atoms with Crippen molar-refractivity contribution in [2.24, 2.45) is 0 Å². The summed E-state index contributed by atoms with van der Waals surface area (Å²) in [5, 5.41) is 15.1. The van der Waals surface area contributed by atoms with Gasteiger partial charge in [-0.25, -0.2) is 4.79 Å². The summed E-state index contributed by atoms with van der Waals surface area (Å²) in [5.41, 5.74) is 0.311. The van der Waals surface area contributed by atoms with Gasteiger partial charge in [0.15, 0.2) is 0 Å². The van der Waals surface area contributed by atoms with Crippen molar-refractivity contribution in [3.8, 4) is 0 Å². The topological polar surface area (TPSA) is 91.3 Å². The van der Waals surface area contributed by atoms with Crippen LogP contribution in [0.25, 0.3) is 0 Å². The molecule has 6 nitrogen and oxygen atoms in total. The molecule has 0 bridgehead atoms. The molecule has 1 aliphatic carbocycles. The van der Waals surface area contributed by atoms with Crippen LogP contribution in [0.15, 0.2) is 18.3 Å². The number of carboxylic acids is 1. The number of carboxylic acid groups (broad SMARTS) is 1. The third-order valence-corrected chi connectivity index (χ3v) is 3.94. The number of hydrogen-bond acceptors (Lipinski definition) is 4. The molecule has 22 heavy (non-hydrogen) atoms. The van der Waals surface area contributed by atoms with Crippen LogP contribution in [0.2, 0.25) is 0 Å². The molecule has 0 radical (unpaired) electrons. The quantitative estimate of drug-likeness (QED) is 0.551. The second-order valence-electron chi connectivity index (χ2n) is 5.64. The van der Waals surface area contributed by atoms with E-state index in [2.05, 4.69) is 15.6 Å². The van der Waals surface area contributed by atoms with E-state index in [0.29, 0.717) is 12.6 Å². The maximum atomic E-state index is 11.9. The van der Waals surface area contributed by atoms with Crippen LogP contribution in [-0.4, -0.2) is 41.1 Å². The van der Waals surface area contributed by atoms with Gasteiger partial charge in [-0.3, -0.25) is 9.78 Å². The van der Waals surface area contributed by atoms with Crippen molar-refractivity contribution < 1.29 is 14.7 Å². The van der Waals surface area contributed by atoms with Crippen LogP contribution in [-0.2, 0) is 0 Å². The third kappa shape index (κ3) is 5.11. The van der Waals surface area contributed by atoms with Crippen LogP contribution >= 0.6 is 0 Å². The highest BCUT2D eigenvalue weighted by Crippen LogP contribution is 2.16. The normalized spacial score (nSPS) is 16.0. The average molecular weight is 305 g/mol. The average Bonchev–Trinajstić information content (AvgIpc) is 2.80. The monoisotopic (exact) mass is 305 g/mol. The number of nitrogens with one attached hydrogen (secondary N) is 2. The Bertz CT molecular complexity index is 494. The fraction of sp³-hybridized carbons (Fsp3) is 0.562. The van der Waals surface area contributed by atoms with Crippen LogP contribution in [0.4, 0.5) is 0 Å². The Morgan fingerprint density at radius 2 is 1.86 bits per heavy atom. The molecule has 2 rings (SSSR count). The second-order valence-corrected chi connectivity index (χ2v) is 5.64. The van der Waals surface area contributed by atoms with Gasteiger partial charge >= 0.3 is 5.97 Å². The van der Waals surface area contributed by atoms with Gasteiger partial charge < -0.3 is 15.7 Å². The molecule has 0 aromatic carbocycles. The largest absolute Gasteiger partial charge is 0.478 e. The Morgan fingerprint density at radius 3 is 2.45 bits per heavy atom. The number of aromatic nitrogens is 1. The van der Waals surface area contributed by atoms with Gasteiger partial charge in [0, 0.05) is 25.3 Å². The first-order valence-corrected chi connectivity index (χ1v) is 7.88. The summed E-state index contributed by atoms with van der Waals surface area (Å²) < 4.78 is 0. The maximum absolute atomic E-state index is 11.9. The third-order valence-electron chi connectivity index (χ3n) is 3.94. The molecule has 0 aliphatic heterocycles. The molecule has 0 unspecified atom stereocenters. The first kappa shape index (κ1) is 16.4. The maximum Gasteiger partial charge on any atom is 0.337 e. The van der Waals surface area contributed by atoms with Crippen molar-refractivity contribution in [2.45, 2.75) is 44.6 Å². The molecule has 1 aliphatic rings. The number of rotatable bonds is 6. The van der Waals surface area contributed by atoms with Crippen LogP contribution in [0.3, 0.4) is 0 Å². The Morgan fingerprint density at radius 1 is 1.14 bits per heavy atom. The number of hydrogen-bond donors (Lipinski definition) is 3. The molecule has 0 saturated heterocycles. The molecule has 0 atom stereocenters. The van der Waals surface area contributed by atoms with Gasteiger partial charge in [-0.1, -0.05) is 25.7 Å². The minimum Gasteiger partial charge on any atom is -0.478 e. The van der Waals surface area contributed by atoms with Gasteiger partial charge in [0.2, 0.25) is 0 Å². The van der Waals surface area contributed by atoms with Crippen molar-refractivity contribution in [3.05, 3.63) is 29.6 Å². The first-order valence-electron chi connectivity index (χ1n) is 7.88. The molecule has 1 amide bonds. The predicted octanol–water partition coefficient (Wildman–Crippen LogP) is 1.82. The standard InChI is InChI=1S/C16H23N3O3/c20-15(14-8-7-12(11-19-14)16(21)22)18-10-9-17-13-5-3-1-2-4-6-13/h7-8,11,13,17H,1-6,9-10H2,(H,18,20)(H,21,22). The van der Waals surface area contributed by atoms with E-state index >= 15 is 0 Å². The molecule has 0 spiro atoms. The van der Waals surface area contributed by atoms with Crippen LogP contribution in [0.1, 0.15) is 59.4 Å². The van der Waals surface area contributed by atoms with Gasteiger partial charge in [-0.15, -0.1) is 0 Å². The Balaban J connectivity index is 1.69. The van der Waals surface area contributed by atoms with E-state index in [4.69, 9.17) is 5.11 Å². The zero-order chi connectivity index (χ0) is 15.8. The lowest BCUT2D eigenvalue weighted by molar-refractivity contribution is 0.0695. The number of nitrogens with zero attached hydrogens (tertiary/aromatic N) is 1. The Kier molecular flexibility index (Phi) is 6.33. The van der Waals surface area contributed by atoms with E-state index in [1.54, 1.807) is 0 Å². The highest BCUT2D eigenvalue weighted by molar-refractivity contribution is 5.93. The van der Waals surface area contributed by atoms with Gasteiger partial charge in [0.1, 0.15) is 5.69 Å². The van der Waals surface area contributed by atoms with Gasteiger partial charge in [-0.2, -0.15) is 0 Å². The van der Waals surface area contributed by atoms with Gasteiger partial charge in [-0.05, 0) is 25.0 Å². The smallest absolute Gasteiger partial charge is 0.337 e. The summed E-state index contributed by atoms with van der Waals surface area (Å²) in [6, 6.07) is 3.37. The molecule has 120 valence electrons. The zero-order valence-corrected chi connectivity index (χ0v) is 12.7. The molecule has 6 heteroatoms. The summed E-state index contributed by atoms with van der Waals surface area (Å²) in [7, 11) is 0. The van der Waals surface area contributed by atoms with E-state index in [-0.39, 0.29) is 17.2 Å². The van der Waals surface area contributed by atoms with E-state index in [0.717, 1.165) is 6.54 Å². The Hall–Kier alpha value is -1.95. The molecule has 1 saturated carbocycles. The summed E-state index contributed by atoms with van der Waals surface area (Å²) in [5.74, 6) is -1.33. The SMILES string of the molecule is O=C(O)c1ccc(C(=O)NCCNC2CCCCCC2)nc1. The highest BCUT2D eigenvalue weighted by atomic mass is 16.4. The minimum absolute atomic E-state index is 0.0755. The molecule has 3 N–H and O–H groups in total. The highest BCUT2D eigenvalue weighted by Gasteiger charge is 2.12. The molecular weight excluding hydrogens is 282 g/mol. The summed E-state index contributed by atoms with van der Waals surface area (Å²) in [6.45, 7) is 1.28. The van der Waals surface area contributed by atoms with Gasteiger partial charge in [0.05, 0.1) is 5.56 Å². The van der Waals surface area contributed by atoms with E-state index in [1.165, 1.54) is 56.9 Å². The van der Waals surface area contributed by atoms with E-state index < -0.39 is 5.97 Å². The fourth-order valence-electron chi connectivity index (χ4n) is 2.68. The van der Waals surface area contributed by atoms with Crippen molar-refractivity contribution >= 4 is 11.9 Å². The lowest BCUT2D eigenvalue weighted by atomic mass is 10.1. The molecular formula is C16H23N3O3. The first-order chi connectivity index (χ1) is 10.7. The zero-order valence-electron chi connectivity index (χ0n) is 12.7. The van der Waals surface area contributed by atoms with E-state index in [1.807, 2.05) is 0 Å². The molecule has 1 aromatic heterocycles.